The van der Waals surface area contributed by atoms with Crippen LogP contribution in [0.15, 0.2) is 30.3 Å². The lowest BCUT2D eigenvalue weighted by atomic mass is 9.93. The maximum absolute atomic E-state index is 12.2. The molecule has 11 heteroatoms. The Morgan fingerprint density at radius 3 is 2.38 bits per heavy atom. The van der Waals surface area contributed by atoms with E-state index in [2.05, 4.69) is 34.9 Å². The number of nitrogens with one attached hydrogen (secondary N) is 2. The SMILES string of the molecule is CC(=O)N[C@@H](CO[C@H]1OC(CO)[C@H](O)C(O)[C@@H]1O)[C@H](O)[C@H](C)CCCC(=O)NCCCCCCc1ccccc1. The molecule has 0 bridgehead atoms. The van der Waals surface area contributed by atoms with Crippen molar-refractivity contribution in [2.45, 2.75) is 108 Å². The van der Waals surface area contributed by atoms with E-state index in [4.69, 9.17) is 9.47 Å². The number of hydrogen-bond donors (Lipinski definition) is 7. The molecule has 0 spiro atoms. The lowest BCUT2D eigenvalue weighted by Gasteiger charge is -2.40. The van der Waals surface area contributed by atoms with Crippen molar-refractivity contribution in [3.63, 3.8) is 0 Å². The number of carbonyl (C=O) groups is 2. The first-order valence-corrected chi connectivity index (χ1v) is 14.3. The molecule has 1 fully saturated rings. The van der Waals surface area contributed by atoms with Gasteiger partial charge in [0.1, 0.15) is 24.4 Å². The molecule has 40 heavy (non-hydrogen) atoms. The van der Waals surface area contributed by atoms with E-state index in [1.807, 2.05) is 6.07 Å². The van der Waals surface area contributed by atoms with Crippen molar-refractivity contribution in [2.24, 2.45) is 5.92 Å². The Morgan fingerprint density at radius 2 is 1.70 bits per heavy atom. The first kappa shape index (κ1) is 34.1. The number of ether oxygens (including phenoxy) is 2. The van der Waals surface area contributed by atoms with Crippen molar-refractivity contribution in [1.82, 2.24) is 10.6 Å². The molecule has 0 aromatic heterocycles. The number of hydrogen-bond acceptors (Lipinski definition) is 9. The number of carbonyl (C=O) groups excluding carboxylic acids is 2. The predicted octanol–water partition coefficient (Wildman–Crippen LogP) is 0.394. The van der Waals surface area contributed by atoms with E-state index >= 15 is 0 Å². The number of benzene rings is 1. The molecule has 2 rings (SSSR count). The van der Waals surface area contributed by atoms with Crippen LogP contribution in [0.25, 0.3) is 0 Å². The zero-order valence-electron chi connectivity index (χ0n) is 23.7. The van der Waals surface area contributed by atoms with Crippen molar-refractivity contribution in [1.29, 1.82) is 0 Å². The first-order valence-electron chi connectivity index (χ1n) is 14.3. The van der Waals surface area contributed by atoms with Crippen LogP contribution in [0.5, 0.6) is 0 Å². The number of rotatable bonds is 18. The molecule has 1 saturated heterocycles. The lowest BCUT2D eigenvalue weighted by molar-refractivity contribution is -0.303. The van der Waals surface area contributed by atoms with Gasteiger partial charge in [0, 0.05) is 19.9 Å². The molecular weight excluding hydrogens is 520 g/mol. The smallest absolute Gasteiger partial charge is 0.219 e. The molecule has 0 saturated carbocycles. The molecule has 228 valence electrons. The van der Waals surface area contributed by atoms with Gasteiger partial charge in [0.15, 0.2) is 6.29 Å². The highest BCUT2D eigenvalue weighted by molar-refractivity contribution is 5.75. The Balaban J connectivity index is 1.66. The average molecular weight is 569 g/mol. The van der Waals surface area contributed by atoms with E-state index < -0.39 is 55.4 Å². The van der Waals surface area contributed by atoms with E-state index in [9.17, 15) is 35.1 Å². The molecule has 1 aliphatic heterocycles. The van der Waals surface area contributed by atoms with Crippen LogP contribution in [0.2, 0.25) is 0 Å². The summed E-state index contributed by atoms with van der Waals surface area (Å²) in [7, 11) is 0. The summed E-state index contributed by atoms with van der Waals surface area (Å²) >= 11 is 0. The minimum absolute atomic E-state index is 0.0321. The number of aryl methyl sites for hydroxylation is 1. The largest absolute Gasteiger partial charge is 0.394 e. The Labute approximate surface area is 236 Å². The van der Waals surface area contributed by atoms with Crippen LogP contribution in [0.1, 0.15) is 64.4 Å². The summed E-state index contributed by atoms with van der Waals surface area (Å²) in [6, 6.07) is 9.54. The standard InChI is InChI=1S/C29H48N2O9/c1-19(11-10-15-24(34)30-16-9-4-3-6-12-21-13-7-5-8-14-21)25(35)22(31-20(2)33)18-39-29-28(38)27(37)26(36)23(17-32)40-29/h5,7-8,13-14,19,22-23,25-29,32,35-38H,3-4,6,9-12,15-18H2,1-2H3,(H,30,34)(H,31,33)/t19-,22+,23?,25-,26+,27?,28+,29+/m1/s1. The summed E-state index contributed by atoms with van der Waals surface area (Å²) in [4.78, 5) is 23.9. The number of aliphatic hydroxyl groups excluding tert-OH is 5. The van der Waals surface area contributed by atoms with Crippen molar-refractivity contribution >= 4 is 11.8 Å². The molecule has 2 amide bonds. The average Bonchev–Trinajstić information content (AvgIpc) is 2.94. The Bertz CT molecular complexity index is 857. The van der Waals surface area contributed by atoms with E-state index in [0.717, 1.165) is 32.1 Å². The van der Waals surface area contributed by atoms with E-state index in [-0.39, 0.29) is 18.4 Å². The molecule has 11 nitrogen and oxygen atoms in total. The molecular formula is C29H48N2O9. The van der Waals surface area contributed by atoms with Crippen LogP contribution in [-0.2, 0) is 25.5 Å². The Hall–Kier alpha value is -2.12. The molecule has 1 aromatic carbocycles. The zero-order valence-corrected chi connectivity index (χ0v) is 23.7. The van der Waals surface area contributed by atoms with Gasteiger partial charge in [-0.3, -0.25) is 9.59 Å². The van der Waals surface area contributed by atoms with Crippen LogP contribution in [0.3, 0.4) is 0 Å². The molecule has 8 atom stereocenters. The minimum atomic E-state index is -1.59. The summed E-state index contributed by atoms with van der Waals surface area (Å²) < 4.78 is 10.9. The quantitative estimate of drug-likeness (QED) is 0.123. The second-order valence-electron chi connectivity index (χ2n) is 10.7. The number of amides is 2. The summed E-state index contributed by atoms with van der Waals surface area (Å²) in [6.07, 6.45) is -1.48. The van der Waals surface area contributed by atoms with Gasteiger partial charge in [0.05, 0.1) is 25.4 Å². The summed E-state index contributed by atoms with van der Waals surface area (Å²) in [5, 5.41) is 55.8. The highest BCUT2D eigenvalue weighted by Gasteiger charge is 2.44. The van der Waals surface area contributed by atoms with Gasteiger partial charge in [0.2, 0.25) is 11.8 Å². The third-order valence-electron chi connectivity index (χ3n) is 7.29. The monoisotopic (exact) mass is 568 g/mol. The fourth-order valence-corrected chi connectivity index (χ4v) is 4.81. The normalized spacial score (nSPS) is 25.1. The van der Waals surface area contributed by atoms with E-state index in [0.29, 0.717) is 25.8 Å². The van der Waals surface area contributed by atoms with Crippen LogP contribution >= 0.6 is 0 Å². The summed E-state index contributed by atoms with van der Waals surface area (Å²) in [5.41, 5.74) is 1.35. The van der Waals surface area contributed by atoms with E-state index in [1.165, 1.54) is 12.5 Å². The predicted molar refractivity (Wildman–Crippen MR) is 148 cm³/mol. The number of unbranched alkanes of at least 4 members (excludes halogenated alkanes) is 3. The first-order chi connectivity index (χ1) is 19.1. The van der Waals surface area contributed by atoms with Gasteiger partial charge in [-0.15, -0.1) is 0 Å². The Morgan fingerprint density at radius 1 is 1.00 bits per heavy atom. The molecule has 1 aliphatic rings. The van der Waals surface area contributed by atoms with Gasteiger partial charge in [-0.05, 0) is 43.6 Å². The second kappa shape index (κ2) is 18.3. The van der Waals surface area contributed by atoms with Gasteiger partial charge < -0.3 is 45.6 Å². The van der Waals surface area contributed by atoms with Crippen molar-refractivity contribution in [3.8, 4) is 0 Å². The van der Waals surface area contributed by atoms with Gasteiger partial charge in [-0.1, -0.05) is 50.1 Å². The minimum Gasteiger partial charge on any atom is -0.394 e. The summed E-state index contributed by atoms with van der Waals surface area (Å²) in [5.74, 6) is -0.712. The zero-order chi connectivity index (χ0) is 29.5. The maximum Gasteiger partial charge on any atom is 0.219 e. The second-order valence-corrected chi connectivity index (χ2v) is 10.7. The van der Waals surface area contributed by atoms with Crippen molar-refractivity contribution < 1.29 is 44.6 Å². The third-order valence-corrected chi connectivity index (χ3v) is 7.29. The fourth-order valence-electron chi connectivity index (χ4n) is 4.81. The molecule has 7 N–H and O–H groups in total. The fraction of sp³-hybridized carbons (Fsp3) is 0.724. The highest BCUT2D eigenvalue weighted by Crippen LogP contribution is 2.23. The van der Waals surface area contributed by atoms with Gasteiger partial charge in [0.25, 0.3) is 0 Å². The topological polar surface area (TPSA) is 178 Å². The van der Waals surface area contributed by atoms with Gasteiger partial charge in [-0.25, -0.2) is 0 Å². The van der Waals surface area contributed by atoms with Crippen LogP contribution < -0.4 is 10.6 Å². The molecule has 0 aliphatic carbocycles. The van der Waals surface area contributed by atoms with Crippen LogP contribution in [0, 0.1) is 5.92 Å². The lowest BCUT2D eigenvalue weighted by Crippen LogP contribution is -2.60. The summed E-state index contributed by atoms with van der Waals surface area (Å²) in [6.45, 7) is 2.90. The third kappa shape index (κ3) is 11.8. The number of aliphatic hydroxyl groups is 5. The molecule has 1 heterocycles. The van der Waals surface area contributed by atoms with Gasteiger partial charge >= 0.3 is 0 Å². The van der Waals surface area contributed by atoms with Crippen LogP contribution in [-0.4, -0.2) is 100.0 Å². The van der Waals surface area contributed by atoms with Crippen molar-refractivity contribution in [2.75, 3.05) is 19.8 Å². The molecule has 2 unspecified atom stereocenters. The maximum atomic E-state index is 12.2. The molecule has 0 radical (unpaired) electrons. The van der Waals surface area contributed by atoms with Crippen molar-refractivity contribution in [3.05, 3.63) is 35.9 Å². The Kier molecular flexibility index (Phi) is 15.6. The van der Waals surface area contributed by atoms with Crippen LogP contribution in [0.4, 0.5) is 0 Å². The van der Waals surface area contributed by atoms with E-state index in [1.54, 1.807) is 6.92 Å². The highest BCUT2D eigenvalue weighted by atomic mass is 16.7. The molecule has 1 aromatic rings. The van der Waals surface area contributed by atoms with Gasteiger partial charge in [-0.2, -0.15) is 0 Å².